The van der Waals surface area contributed by atoms with E-state index in [0.29, 0.717) is 0 Å². The van der Waals surface area contributed by atoms with E-state index in [9.17, 15) is 14.9 Å². The molecule has 0 radical (unpaired) electrons. The number of hydrogen-bond acceptors (Lipinski definition) is 5. The Kier molecular flexibility index (Phi) is 3.43. The molecule has 0 aliphatic rings. The second-order valence-corrected chi connectivity index (χ2v) is 3.91. The van der Waals surface area contributed by atoms with E-state index in [1.807, 2.05) is 6.07 Å². The zero-order chi connectivity index (χ0) is 14.7. The molecule has 100 valence electrons. The molecule has 0 bridgehead atoms. The second-order valence-electron chi connectivity index (χ2n) is 3.91. The van der Waals surface area contributed by atoms with Gasteiger partial charge >= 0.3 is 0 Å². The molecule has 1 amide bonds. The van der Waals surface area contributed by atoms with Crippen molar-refractivity contribution >= 4 is 17.4 Å². The van der Waals surface area contributed by atoms with Gasteiger partial charge in [-0.1, -0.05) is 12.1 Å². The smallest absolute Gasteiger partial charge is 0.282 e. The van der Waals surface area contributed by atoms with Crippen molar-refractivity contribution in [3.8, 4) is 6.07 Å². The van der Waals surface area contributed by atoms with Gasteiger partial charge < -0.3 is 5.32 Å². The van der Waals surface area contributed by atoms with Crippen molar-refractivity contribution in [2.45, 2.75) is 0 Å². The fourth-order valence-corrected chi connectivity index (χ4v) is 1.66. The second kappa shape index (κ2) is 5.19. The van der Waals surface area contributed by atoms with Gasteiger partial charge in [0.25, 0.3) is 11.6 Å². The summed E-state index contributed by atoms with van der Waals surface area (Å²) < 4.78 is 1.37. The molecule has 0 unspecified atom stereocenters. The summed E-state index contributed by atoms with van der Waals surface area (Å²) in [5, 5.41) is 26.1. The van der Waals surface area contributed by atoms with Crippen LogP contribution in [0, 0.1) is 21.4 Å². The molecule has 0 aliphatic carbocycles. The molecule has 8 heteroatoms. The van der Waals surface area contributed by atoms with Crippen LogP contribution in [0.5, 0.6) is 0 Å². The first kappa shape index (κ1) is 13.2. The van der Waals surface area contributed by atoms with Gasteiger partial charge in [0.15, 0.2) is 5.82 Å². The van der Waals surface area contributed by atoms with Crippen molar-refractivity contribution in [2.75, 3.05) is 5.32 Å². The van der Waals surface area contributed by atoms with Crippen molar-refractivity contribution in [1.82, 2.24) is 9.78 Å². The van der Waals surface area contributed by atoms with Gasteiger partial charge in [0.2, 0.25) is 0 Å². The zero-order valence-electron chi connectivity index (χ0n) is 10.4. The minimum Gasteiger partial charge on any atom is -0.304 e. The van der Waals surface area contributed by atoms with Crippen LogP contribution in [0.15, 0.2) is 30.5 Å². The van der Waals surface area contributed by atoms with Gasteiger partial charge in [-0.25, -0.2) is 0 Å². The summed E-state index contributed by atoms with van der Waals surface area (Å²) >= 11 is 0. The van der Waals surface area contributed by atoms with Gasteiger partial charge in [-0.15, -0.1) is 0 Å². The molecule has 8 nitrogen and oxygen atoms in total. The van der Waals surface area contributed by atoms with Crippen molar-refractivity contribution in [2.24, 2.45) is 7.05 Å². The molecular formula is C12H9N5O3. The summed E-state index contributed by atoms with van der Waals surface area (Å²) in [6.07, 6.45) is 1.44. The van der Waals surface area contributed by atoms with Gasteiger partial charge in [-0.2, -0.15) is 10.4 Å². The highest BCUT2D eigenvalue weighted by atomic mass is 16.6. The van der Waals surface area contributed by atoms with Gasteiger partial charge in [0.1, 0.15) is 17.2 Å². The highest BCUT2D eigenvalue weighted by Crippen LogP contribution is 2.20. The summed E-state index contributed by atoms with van der Waals surface area (Å²) in [4.78, 5) is 22.3. The molecule has 0 aliphatic heterocycles. The minimum atomic E-state index is -0.687. The first-order valence-electron chi connectivity index (χ1n) is 5.51. The van der Waals surface area contributed by atoms with Gasteiger partial charge in [-0.05, 0) is 6.07 Å². The van der Waals surface area contributed by atoms with Crippen LogP contribution in [0.2, 0.25) is 0 Å². The van der Waals surface area contributed by atoms with E-state index in [1.54, 1.807) is 7.05 Å². The van der Waals surface area contributed by atoms with Crippen LogP contribution in [0.25, 0.3) is 0 Å². The molecule has 1 N–H and O–H groups in total. The topological polar surface area (TPSA) is 114 Å². The molecule has 2 rings (SSSR count). The lowest BCUT2D eigenvalue weighted by atomic mass is 10.1. The van der Waals surface area contributed by atoms with Crippen LogP contribution in [-0.2, 0) is 7.05 Å². The molecule has 1 aromatic heterocycles. The molecule has 1 heterocycles. The lowest BCUT2D eigenvalue weighted by molar-refractivity contribution is -0.385. The molecule has 2 aromatic rings. The van der Waals surface area contributed by atoms with Crippen molar-refractivity contribution < 1.29 is 9.72 Å². The molecule has 1 aromatic carbocycles. The third-order valence-corrected chi connectivity index (χ3v) is 2.53. The number of aryl methyl sites for hydroxylation is 1. The molecule has 0 spiro atoms. The van der Waals surface area contributed by atoms with Crippen LogP contribution in [-0.4, -0.2) is 20.6 Å². The first-order chi connectivity index (χ1) is 9.52. The Bertz CT molecular complexity index is 729. The van der Waals surface area contributed by atoms with Crippen LogP contribution in [0.4, 0.5) is 11.5 Å². The number of anilines is 1. The highest BCUT2D eigenvalue weighted by molar-refractivity contribution is 6.07. The molecule has 0 fully saturated rings. The Morgan fingerprint density at radius 2 is 2.20 bits per heavy atom. The fourth-order valence-electron chi connectivity index (χ4n) is 1.66. The van der Waals surface area contributed by atoms with Crippen molar-refractivity contribution in [3.63, 3.8) is 0 Å². The van der Waals surface area contributed by atoms with E-state index >= 15 is 0 Å². The summed E-state index contributed by atoms with van der Waals surface area (Å²) in [5.41, 5.74) is -0.217. The summed E-state index contributed by atoms with van der Waals surface area (Å²) in [6.45, 7) is 0. The quantitative estimate of drug-likeness (QED) is 0.670. The summed E-state index contributed by atoms with van der Waals surface area (Å²) in [6, 6.07) is 7.44. The number of amides is 1. The van der Waals surface area contributed by atoms with Crippen LogP contribution < -0.4 is 5.32 Å². The predicted molar refractivity (Wildman–Crippen MR) is 69.0 cm³/mol. The standard InChI is InChI=1S/C12H9N5O3/c1-16-7-8(6-13)11(15-16)14-12(18)9-4-2-3-5-10(9)17(19)20/h2-5,7H,1H3,(H,14,15,18). The molecular weight excluding hydrogens is 262 g/mol. The maximum atomic E-state index is 12.0. The lowest BCUT2D eigenvalue weighted by Gasteiger charge is -2.03. The Morgan fingerprint density at radius 3 is 2.85 bits per heavy atom. The Labute approximate surface area is 113 Å². The van der Waals surface area contributed by atoms with Crippen LogP contribution in [0.3, 0.4) is 0 Å². The number of para-hydroxylation sites is 1. The zero-order valence-corrected chi connectivity index (χ0v) is 10.4. The van der Waals surface area contributed by atoms with Gasteiger partial charge in [0.05, 0.1) is 4.92 Å². The Morgan fingerprint density at radius 1 is 1.50 bits per heavy atom. The first-order valence-corrected chi connectivity index (χ1v) is 5.51. The number of nitriles is 1. The Balaban J connectivity index is 2.34. The number of hydrogen-bond donors (Lipinski definition) is 1. The molecule has 0 saturated heterocycles. The number of nitro benzene ring substituents is 1. The fraction of sp³-hybridized carbons (Fsp3) is 0.0833. The SMILES string of the molecule is Cn1cc(C#N)c(NC(=O)c2ccccc2[N+](=O)[O-])n1. The lowest BCUT2D eigenvalue weighted by Crippen LogP contribution is -2.15. The normalized spacial score (nSPS) is 9.80. The maximum Gasteiger partial charge on any atom is 0.282 e. The van der Waals surface area contributed by atoms with Crippen LogP contribution >= 0.6 is 0 Å². The average Bonchev–Trinajstić information content (AvgIpc) is 2.78. The molecule has 20 heavy (non-hydrogen) atoms. The number of nitro groups is 1. The summed E-state index contributed by atoms with van der Waals surface area (Å²) in [7, 11) is 1.60. The number of aromatic nitrogens is 2. The maximum absolute atomic E-state index is 12.0. The van der Waals surface area contributed by atoms with Gasteiger partial charge in [0, 0.05) is 19.3 Å². The Hall–Kier alpha value is -3.21. The van der Waals surface area contributed by atoms with E-state index in [4.69, 9.17) is 5.26 Å². The number of benzene rings is 1. The van der Waals surface area contributed by atoms with Gasteiger partial charge in [-0.3, -0.25) is 19.6 Å². The van der Waals surface area contributed by atoms with Crippen molar-refractivity contribution in [1.29, 1.82) is 5.26 Å². The minimum absolute atomic E-state index is 0.0677. The number of carbonyl (C=O) groups is 1. The van der Waals surface area contributed by atoms with E-state index in [1.165, 1.54) is 35.1 Å². The number of rotatable bonds is 3. The van der Waals surface area contributed by atoms with E-state index < -0.39 is 10.8 Å². The van der Waals surface area contributed by atoms with Crippen LogP contribution in [0.1, 0.15) is 15.9 Å². The predicted octanol–water partition coefficient (Wildman–Crippen LogP) is 1.45. The highest BCUT2D eigenvalue weighted by Gasteiger charge is 2.21. The largest absolute Gasteiger partial charge is 0.304 e. The van der Waals surface area contributed by atoms with E-state index in [0.717, 1.165) is 0 Å². The van der Waals surface area contributed by atoms with E-state index in [2.05, 4.69) is 10.4 Å². The molecule has 0 saturated carbocycles. The number of carbonyl (C=O) groups excluding carboxylic acids is 1. The van der Waals surface area contributed by atoms with E-state index in [-0.39, 0.29) is 22.6 Å². The molecule has 0 atom stereocenters. The third-order valence-electron chi connectivity index (χ3n) is 2.53. The number of nitrogens with one attached hydrogen (secondary N) is 1. The summed E-state index contributed by atoms with van der Waals surface area (Å²) in [5.74, 6) is -0.620. The third kappa shape index (κ3) is 2.46. The number of nitrogens with zero attached hydrogens (tertiary/aromatic N) is 4. The average molecular weight is 271 g/mol. The monoisotopic (exact) mass is 271 g/mol. The van der Waals surface area contributed by atoms with Crippen molar-refractivity contribution in [3.05, 3.63) is 51.7 Å².